The van der Waals surface area contributed by atoms with E-state index in [4.69, 9.17) is 0 Å². The van der Waals surface area contributed by atoms with E-state index in [9.17, 15) is 0 Å². The second-order valence-electron chi connectivity index (χ2n) is 5.69. The highest BCUT2D eigenvalue weighted by Crippen LogP contribution is 2.27. The Labute approximate surface area is 137 Å². The summed E-state index contributed by atoms with van der Waals surface area (Å²) >= 11 is 3.20. The molecule has 0 aliphatic carbocycles. The van der Waals surface area contributed by atoms with Crippen LogP contribution in [0.4, 0.5) is 0 Å². The second kappa shape index (κ2) is 6.13. The molecule has 0 fully saturated rings. The first-order valence-corrected chi connectivity index (χ1v) is 8.68. The smallest absolute Gasteiger partial charge is 0.210 e. The van der Waals surface area contributed by atoms with Crippen LogP contribution in [0.3, 0.4) is 0 Å². The predicted octanol–water partition coefficient (Wildman–Crippen LogP) is 3.24. The fourth-order valence-corrected chi connectivity index (χ4v) is 3.66. The maximum absolute atomic E-state index is 4.63. The molecule has 3 aromatic rings. The van der Waals surface area contributed by atoms with Gasteiger partial charge in [0.2, 0.25) is 5.16 Å². The van der Waals surface area contributed by atoms with Crippen molar-refractivity contribution in [2.75, 3.05) is 0 Å². The lowest BCUT2D eigenvalue weighted by Crippen LogP contribution is -2.24. The zero-order valence-corrected chi connectivity index (χ0v) is 14.2. The van der Waals surface area contributed by atoms with Gasteiger partial charge < -0.3 is 0 Å². The number of thiazole rings is 1. The van der Waals surface area contributed by atoms with E-state index in [2.05, 4.69) is 51.6 Å². The quantitative estimate of drug-likeness (QED) is 0.683. The van der Waals surface area contributed by atoms with Crippen LogP contribution in [0.15, 0.2) is 34.9 Å². The number of rotatable bonds is 4. The SMILES string of the molecule is CC(C)(C)n1nnnc1SCc1csc(-c2ccccn2)n1. The molecule has 0 aliphatic heterocycles. The molecule has 0 spiro atoms. The van der Waals surface area contributed by atoms with Crippen molar-refractivity contribution in [1.82, 2.24) is 30.2 Å². The summed E-state index contributed by atoms with van der Waals surface area (Å²) in [7, 11) is 0. The Morgan fingerprint density at radius 2 is 2.14 bits per heavy atom. The third kappa shape index (κ3) is 3.33. The zero-order valence-electron chi connectivity index (χ0n) is 12.6. The minimum atomic E-state index is -0.132. The van der Waals surface area contributed by atoms with Gasteiger partial charge in [-0.1, -0.05) is 17.8 Å². The minimum absolute atomic E-state index is 0.132. The maximum Gasteiger partial charge on any atom is 0.210 e. The summed E-state index contributed by atoms with van der Waals surface area (Å²) in [5.74, 6) is 0.736. The van der Waals surface area contributed by atoms with E-state index in [1.807, 2.05) is 22.9 Å². The van der Waals surface area contributed by atoms with Gasteiger partial charge in [-0.15, -0.1) is 16.4 Å². The molecule has 6 nitrogen and oxygen atoms in total. The third-order valence-corrected chi connectivity index (χ3v) is 4.73. The van der Waals surface area contributed by atoms with Crippen LogP contribution in [0.5, 0.6) is 0 Å². The van der Waals surface area contributed by atoms with Gasteiger partial charge in [-0.25, -0.2) is 9.67 Å². The van der Waals surface area contributed by atoms with Crippen LogP contribution in [0, 0.1) is 0 Å². The van der Waals surface area contributed by atoms with Crippen LogP contribution < -0.4 is 0 Å². The molecule has 3 heterocycles. The summed E-state index contributed by atoms with van der Waals surface area (Å²) in [6.07, 6.45) is 1.78. The van der Waals surface area contributed by atoms with Crippen LogP contribution in [0.1, 0.15) is 26.5 Å². The van der Waals surface area contributed by atoms with Gasteiger partial charge in [0.15, 0.2) is 0 Å². The molecular weight excluding hydrogens is 316 g/mol. The molecule has 0 saturated heterocycles. The number of hydrogen-bond acceptors (Lipinski definition) is 7. The Balaban J connectivity index is 1.71. The van der Waals surface area contributed by atoms with Crippen molar-refractivity contribution in [2.24, 2.45) is 0 Å². The van der Waals surface area contributed by atoms with Crippen molar-refractivity contribution in [3.63, 3.8) is 0 Å². The molecule has 3 rings (SSSR count). The van der Waals surface area contributed by atoms with Crippen LogP contribution >= 0.6 is 23.1 Å². The highest BCUT2D eigenvalue weighted by Gasteiger charge is 2.20. The average Bonchev–Trinajstić information content (AvgIpc) is 3.15. The third-order valence-electron chi connectivity index (χ3n) is 2.86. The molecule has 22 heavy (non-hydrogen) atoms. The van der Waals surface area contributed by atoms with Gasteiger partial charge in [-0.05, 0) is 43.3 Å². The van der Waals surface area contributed by atoms with Crippen molar-refractivity contribution in [3.8, 4) is 10.7 Å². The van der Waals surface area contributed by atoms with Gasteiger partial charge in [0, 0.05) is 17.3 Å². The number of tetrazole rings is 1. The van der Waals surface area contributed by atoms with Gasteiger partial charge >= 0.3 is 0 Å². The Morgan fingerprint density at radius 3 is 2.86 bits per heavy atom. The highest BCUT2D eigenvalue weighted by molar-refractivity contribution is 7.98. The molecule has 0 bridgehead atoms. The molecule has 114 valence electrons. The molecule has 3 aromatic heterocycles. The molecule has 0 amide bonds. The Morgan fingerprint density at radius 1 is 1.27 bits per heavy atom. The van der Waals surface area contributed by atoms with Crippen LogP contribution in [0.25, 0.3) is 10.7 Å². The molecule has 0 atom stereocenters. The lowest BCUT2D eigenvalue weighted by atomic mass is 10.1. The first-order valence-electron chi connectivity index (χ1n) is 6.81. The predicted molar refractivity (Wildman–Crippen MR) is 87.7 cm³/mol. The number of aromatic nitrogens is 6. The average molecular weight is 332 g/mol. The van der Waals surface area contributed by atoms with Crippen molar-refractivity contribution < 1.29 is 0 Å². The summed E-state index contributed by atoms with van der Waals surface area (Å²) in [6, 6.07) is 5.84. The molecule has 8 heteroatoms. The monoisotopic (exact) mass is 332 g/mol. The Bertz CT molecular complexity index is 744. The molecule has 0 aliphatic rings. The normalized spacial score (nSPS) is 11.8. The maximum atomic E-state index is 4.63. The molecule has 0 radical (unpaired) electrons. The molecule has 0 saturated carbocycles. The number of nitrogens with zero attached hydrogens (tertiary/aromatic N) is 6. The summed E-state index contributed by atoms with van der Waals surface area (Å²) < 4.78 is 1.84. The fourth-order valence-electron chi connectivity index (χ4n) is 1.81. The number of hydrogen-bond donors (Lipinski definition) is 0. The van der Waals surface area contributed by atoms with E-state index >= 15 is 0 Å². The topological polar surface area (TPSA) is 69.4 Å². The van der Waals surface area contributed by atoms with Gasteiger partial charge in [-0.3, -0.25) is 4.98 Å². The van der Waals surface area contributed by atoms with E-state index in [1.54, 1.807) is 29.3 Å². The zero-order chi connectivity index (χ0) is 15.6. The van der Waals surface area contributed by atoms with E-state index in [-0.39, 0.29) is 5.54 Å². The van der Waals surface area contributed by atoms with Crippen molar-refractivity contribution in [1.29, 1.82) is 0 Å². The molecule has 0 aromatic carbocycles. The first kappa shape index (κ1) is 15.1. The largest absolute Gasteiger partial charge is 0.254 e. The van der Waals surface area contributed by atoms with Crippen molar-refractivity contribution in [3.05, 3.63) is 35.5 Å². The summed E-state index contributed by atoms with van der Waals surface area (Å²) in [6.45, 7) is 6.24. The summed E-state index contributed by atoms with van der Waals surface area (Å²) in [5.41, 5.74) is 1.79. The lowest BCUT2D eigenvalue weighted by molar-refractivity contribution is 0.321. The van der Waals surface area contributed by atoms with Crippen molar-refractivity contribution >= 4 is 23.1 Å². The van der Waals surface area contributed by atoms with Crippen LogP contribution in [-0.2, 0) is 11.3 Å². The Hall–Kier alpha value is -1.80. The standard InChI is InChI=1S/C14H16N6S2/c1-14(2,3)20-13(17-18-19-20)22-9-10-8-21-12(16-10)11-6-4-5-7-15-11/h4-8H,9H2,1-3H3. The van der Waals surface area contributed by atoms with E-state index in [0.717, 1.165) is 27.3 Å². The number of pyridine rings is 1. The van der Waals surface area contributed by atoms with Gasteiger partial charge in [0.1, 0.15) is 5.01 Å². The lowest BCUT2D eigenvalue weighted by Gasteiger charge is -2.19. The minimum Gasteiger partial charge on any atom is -0.254 e. The summed E-state index contributed by atoms with van der Waals surface area (Å²) in [4.78, 5) is 8.95. The highest BCUT2D eigenvalue weighted by atomic mass is 32.2. The second-order valence-corrected chi connectivity index (χ2v) is 7.49. The molecule has 0 N–H and O–H groups in total. The van der Waals surface area contributed by atoms with Gasteiger partial charge in [0.25, 0.3) is 0 Å². The Kier molecular flexibility index (Phi) is 4.21. The van der Waals surface area contributed by atoms with Gasteiger partial charge in [0.05, 0.1) is 16.9 Å². The number of thioether (sulfide) groups is 1. The van der Waals surface area contributed by atoms with E-state index in [1.165, 1.54) is 0 Å². The van der Waals surface area contributed by atoms with Gasteiger partial charge in [-0.2, -0.15) is 0 Å². The van der Waals surface area contributed by atoms with Crippen molar-refractivity contribution in [2.45, 2.75) is 37.2 Å². The molecule has 0 unspecified atom stereocenters. The van der Waals surface area contributed by atoms with Crippen LogP contribution in [0.2, 0.25) is 0 Å². The first-order chi connectivity index (χ1) is 10.5. The fraction of sp³-hybridized carbons (Fsp3) is 0.357. The summed E-state index contributed by atoms with van der Waals surface area (Å²) in [5, 5.41) is 15.7. The van der Waals surface area contributed by atoms with Crippen LogP contribution in [-0.4, -0.2) is 30.2 Å². The van der Waals surface area contributed by atoms with E-state index < -0.39 is 0 Å². The van der Waals surface area contributed by atoms with E-state index in [0.29, 0.717) is 0 Å². The molecular formula is C14H16N6S2.